The maximum Gasteiger partial charge on any atom is 0.0954 e. The molecule has 0 unspecified atom stereocenters. The highest BCUT2D eigenvalue weighted by Crippen LogP contribution is 2.77. The van der Waals surface area contributed by atoms with Crippen LogP contribution in [0, 0.1) is 28.6 Å². The van der Waals surface area contributed by atoms with Crippen molar-refractivity contribution in [3.05, 3.63) is 0 Å². The van der Waals surface area contributed by atoms with Crippen LogP contribution in [0.1, 0.15) is 53.4 Å². The number of epoxide rings is 1. The lowest BCUT2D eigenvalue weighted by Crippen LogP contribution is -2.36. The molecule has 0 amide bonds. The standard InChI is InChI=1S/C15H24O/c1-9-5-6-10-13(2,3)11-7-15(9,10)8-12-14(11,4)16-12/h9-12H,5-8H2,1-4H3/t9-,10+,11-,12+,14+,15+/m0/s1. The fourth-order valence-electron chi connectivity index (χ4n) is 6.21. The first kappa shape index (κ1) is 9.94. The highest BCUT2D eigenvalue weighted by atomic mass is 16.6. The molecule has 1 saturated heterocycles. The highest BCUT2D eigenvalue weighted by molar-refractivity contribution is 5.24. The Morgan fingerprint density at radius 3 is 2.50 bits per heavy atom. The minimum Gasteiger partial charge on any atom is -0.366 e. The van der Waals surface area contributed by atoms with Crippen molar-refractivity contribution in [2.45, 2.75) is 65.1 Å². The molecule has 0 aromatic heterocycles. The first-order valence-corrected chi connectivity index (χ1v) is 7.09. The number of hydrogen-bond acceptors (Lipinski definition) is 1. The molecule has 4 rings (SSSR count). The molecule has 3 aliphatic carbocycles. The molecule has 0 aromatic carbocycles. The van der Waals surface area contributed by atoms with E-state index in [2.05, 4.69) is 27.7 Å². The minimum atomic E-state index is 0.263. The SMILES string of the molecule is C[C@H]1CC[C@@H]2C(C)(C)[C@@H]3C[C@]21C[C@H]1O[C@@]13C. The molecular formula is C15H24O. The van der Waals surface area contributed by atoms with Crippen molar-refractivity contribution < 1.29 is 4.74 Å². The maximum absolute atomic E-state index is 6.09. The van der Waals surface area contributed by atoms with E-state index in [9.17, 15) is 0 Å². The first-order chi connectivity index (χ1) is 7.41. The van der Waals surface area contributed by atoms with Crippen LogP contribution in [-0.2, 0) is 4.74 Å². The molecule has 90 valence electrons. The van der Waals surface area contributed by atoms with Crippen molar-refractivity contribution in [2.75, 3.05) is 0 Å². The van der Waals surface area contributed by atoms with Gasteiger partial charge in [-0.25, -0.2) is 0 Å². The number of ether oxygens (including phenoxy) is 1. The van der Waals surface area contributed by atoms with Gasteiger partial charge < -0.3 is 4.74 Å². The van der Waals surface area contributed by atoms with E-state index < -0.39 is 0 Å². The molecule has 16 heavy (non-hydrogen) atoms. The van der Waals surface area contributed by atoms with Crippen molar-refractivity contribution in [3.63, 3.8) is 0 Å². The topological polar surface area (TPSA) is 12.5 Å². The summed E-state index contributed by atoms with van der Waals surface area (Å²) in [5.41, 5.74) is 1.44. The fraction of sp³-hybridized carbons (Fsp3) is 1.00. The van der Waals surface area contributed by atoms with Gasteiger partial charge >= 0.3 is 0 Å². The van der Waals surface area contributed by atoms with Crippen LogP contribution in [0.4, 0.5) is 0 Å². The molecule has 6 atom stereocenters. The number of fused-ring (bicyclic) bond motifs is 3. The van der Waals surface area contributed by atoms with Crippen LogP contribution in [0.2, 0.25) is 0 Å². The highest BCUT2D eigenvalue weighted by Gasteiger charge is 2.76. The summed E-state index contributed by atoms with van der Waals surface area (Å²) in [5, 5.41) is 0. The molecule has 2 bridgehead atoms. The average molecular weight is 220 g/mol. The molecule has 1 aliphatic heterocycles. The molecular weight excluding hydrogens is 196 g/mol. The van der Waals surface area contributed by atoms with E-state index in [1.54, 1.807) is 0 Å². The van der Waals surface area contributed by atoms with Gasteiger partial charge in [-0.15, -0.1) is 0 Å². The third kappa shape index (κ3) is 0.805. The van der Waals surface area contributed by atoms with Crippen LogP contribution in [0.25, 0.3) is 0 Å². The van der Waals surface area contributed by atoms with Crippen molar-refractivity contribution in [1.82, 2.24) is 0 Å². The summed E-state index contributed by atoms with van der Waals surface area (Å²) in [4.78, 5) is 0. The van der Waals surface area contributed by atoms with Crippen LogP contribution < -0.4 is 0 Å². The largest absolute Gasteiger partial charge is 0.366 e. The van der Waals surface area contributed by atoms with Gasteiger partial charge in [0.05, 0.1) is 11.7 Å². The second-order valence-electron chi connectivity index (χ2n) is 7.84. The maximum atomic E-state index is 6.09. The summed E-state index contributed by atoms with van der Waals surface area (Å²) in [5.74, 6) is 2.75. The fourth-order valence-corrected chi connectivity index (χ4v) is 6.21. The second-order valence-corrected chi connectivity index (χ2v) is 7.84. The molecule has 4 aliphatic rings. The van der Waals surface area contributed by atoms with Gasteiger partial charge in [-0.1, -0.05) is 20.8 Å². The van der Waals surface area contributed by atoms with E-state index >= 15 is 0 Å². The first-order valence-electron chi connectivity index (χ1n) is 7.09. The minimum absolute atomic E-state index is 0.263. The molecule has 4 fully saturated rings. The van der Waals surface area contributed by atoms with Gasteiger partial charge in [0.1, 0.15) is 0 Å². The Hall–Kier alpha value is -0.0400. The number of rotatable bonds is 0. The predicted molar refractivity (Wildman–Crippen MR) is 64.1 cm³/mol. The summed E-state index contributed by atoms with van der Waals surface area (Å²) in [6, 6.07) is 0. The van der Waals surface area contributed by atoms with Gasteiger partial charge in [-0.2, -0.15) is 0 Å². The molecule has 1 heteroatoms. The molecule has 1 spiro atoms. The van der Waals surface area contributed by atoms with E-state index in [1.807, 2.05) is 0 Å². The zero-order valence-electron chi connectivity index (χ0n) is 11.0. The van der Waals surface area contributed by atoms with Gasteiger partial charge in [0.25, 0.3) is 0 Å². The third-order valence-corrected chi connectivity index (χ3v) is 7.18. The zero-order valence-corrected chi connectivity index (χ0v) is 11.0. The monoisotopic (exact) mass is 220 g/mol. The normalized spacial score (nSPS) is 65.2. The average Bonchev–Trinajstić information content (AvgIpc) is 2.67. The quantitative estimate of drug-likeness (QED) is 0.568. The smallest absolute Gasteiger partial charge is 0.0954 e. The summed E-state index contributed by atoms with van der Waals surface area (Å²) < 4.78 is 6.09. The Bertz CT molecular complexity index is 356. The van der Waals surface area contributed by atoms with Gasteiger partial charge in [0.15, 0.2) is 0 Å². The van der Waals surface area contributed by atoms with Crippen LogP contribution in [0.5, 0.6) is 0 Å². The third-order valence-electron chi connectivity index (χ3n) is 7.18. The van der Waals surface area contributed by atoms with E-state index in [-0.39, 0.29) is 5.60 Å². The lowest BCUT2D eigenvalue weighted by atomic mass is 9.66. The van der Waals surface area contributed by atoms with Gasteiger partial charge in [-0.05, 0) is 61.2 Å². The van der Waals surface area contributed by atoms with Crippen molar-refractivity contribution >= 4 is 0 Å². The second kappa shape index (κ2) is 2.39. The summed E-state index contributed by atoms with van der Waals surface area (Å²) in [7, 11) is 0. The van der Waals surface area contributed by atoms with E-state index in [0.29, 0.717) is 16.9 Å². The van der Waals surface area contributed by atoms with E-state index in [0.717, 1.165) is 17.8 Å². The Morgan fingerprint density at radius 2 is 1.75 bits per heavy atom. The summed E-state index contributed by atoms with van der Waals surface area (Å²) in [6.45, 7) is 9.93. The van der Waals surface area contributed by atoms with Crippen LogP contribution in [0.3, 0.4) is 0 Å². The van der Waals surface area contributed by atoms with Crippen LogP contribution >= 0.6 is 0 Å². The van der Waals surface area contributed by atoms with Gasteiger partial charge in [0, 0.05) is 0 Å². The number of hydrogen-bond donors (Lipinski definition) is 0. The van der Waals surface area contributed by atoms with E-state index in [1.165, 1.54) is 25.7 Å². The van der Waals surface area contributed by atoms with Crippen LogP contribution in [-0.4, -0.2) is 11.7 Å². The van der Waals surface area contributed by atoms with Crippen molar-refractivity contribution in [1.29, 1.82) is 0 Å². The Balaban J connectivity index is 1.85. The lowest BCUT2D eigenvalue weighted by Gasteiger charge is -2.37. The van der Waals surface area contributed by atoms with Gasteiger partial charge in [-0.3, -0.25) is 0 Å². The van der Waals surface area contributed by atoms with Gasteiger partial charge in [0.2, 0.25) is 0 Å². The molecule has 1 heterocycles. The lowest BCUT2D eigenvalue weighted by molar-refractivity contribution is 0.0866. The summed E-state index contributed by atoms with van der Waals surface area (Å²) in [6.07, 6.45) is 6.38. The molecule has 0 N–H and O–H groups in total. The van der Waals surface area contributed by atoms with E-state index in [4.69, 9.17) is 4.74 Å². The van der Waals surface area contributed by atoms with Crippen molar-refractivity contribution in [3.8, 4) is 0 Å². The Kier molecular flexibility index (Phi) is 1.48. The Labute approximate surface area is 98.9 Å². The molecule has 3 saturated carbocycles. The van der Waals surface area contributed by atoms with Crippen molar-refractivity contribution in [2.24, 2.45) is 28.6 Å². The summed E-state index contributed by atoms with van der Waals surface area (Å²) >= 11 is 0. The zero-order chi connectivity index (χ0) is 11.3. The predicted octanol–water partition coefficient (Wildman–Crippen LogP) is 3.63. The molecule has 1 nitrogen and oxygen atoms in total. The van der Waals surface area contributed by atoms with Crippen LogP contribution in [0.15, 0.2) is 0 Å². The molecule has 0 aromatic rings. The Morgan fingerprint density at radius 1 is 1.00 bits per heavy atom. The molecule has 0 radical (unpaired) electrons.